The number of hydrogen-bond donors (Lipinski definition) is 1. The first-order chi connectivity index (χ1) is 5.02. The van der Waals surface area contributed by atoms with Crippen molar-refractivity contribution in [3.63, 3.8) is 0 Å². The molecule has 0 radical (unpaired) electrons. The molecule has 5 heteroatoms. The van der Waals surface area contributed by atoms with Crippen LogP contribution in [0.4, 0.5) is 13.2 Å². The van der Waals surface area contributed by atoms with E-state index in [2.05, 4.69) is 4.99 Å². The summed E-state index contributed by atoms with van der Waals surface area (Å²) in [6.45, 7) is 1.60. The van der Waals surface area contributed by atoms with Gasteiger partial charge in [-0.15, -0.1) is 0 Å². The van der Waals surface area contributed by atoms with Crippen LogP contribution >= 0.6 is 0 Å². The highest BCUT2D eigenvalue weighted by Gasteiger charge is 2.32. The molecule has 0 aromatic carbocycles. The van der Waals surface area contributed by atoms with Gasteiger partial charge in [0.1, 0.15) is 5.70 Å². The Balaban J connectivity index is 4.48. The largest absolute Gasteiger partial charge is 0.433 e. The van der Waals surface area contributed by atoms with Crippen molar-refractivity contribution in [3.05, 3.63) is 11.8 Å². The fourth-order valence-electron chi connectivity index (χ4n) is 0.515. The van der Waals surface area contributed by atoms with E-state index in [9.17, 15) is 13.2 Å². The van der Waals surface area contributed by atoms with Crippen molar-refractivity contribution >= 4 is 6.34 Å². The second-order valence-electron chi connectivity index (χ2n) is 1.77. The number of nitrogens with two attached hydrogens (primary N) is 1. The van der Waals surface area contributed by atoms with Crippen LogP contribution in [0.2, 0.25) is 0 Å². The molecule has 11 heavy (non-hydrogen) atoms. The lowest BCUT2D eigenvalue weighted by molar-refractivity contribution is -0.0925. The molecule has 0 spiro atoms. The van der Waals surface area contributed by atoms with Crippen LogP contribution < -0.4 is 5.73 Å². The topological polar surface area (TPSA) is 38.4 Å². The average molecular weight is 166 g/mol. The molecule has 2 nitrogen and oxygen atoms in total. The van der Waals surface area contributed by atoms with Crippen LogP contribution in [0.15, 0.2) is 16.8 Å². The summed E-state index contributed by atoms with van der Waals surface area (Å²) in [5, 5.41) is 0. The molecule has 0 atom stereocenters. The van der Waals surface area contributed by atoms with E-state index in [1.807, 2.05) is 0 Å². The zero-order valence-corrected chi connectivity index (χ0v) is 6.02. The summed E-state index contributed by atoms with van der Waals surface area (Å²) in [4.78, 5) is 2.97. The zero-order valence-electron chi connectivity index (χ0n) is 6.02. The van der Waals surface area contributed by atoms with Gasteiger partial charge in [-0.3, -0.25) is 0 Å². The monoisotopic (exact) mass is 166 g/mol. The SMILES string of the molecule is CC/C=C(\N=CN)C(F)(F)F. The summed E-state index contributed by atoms with van der Waals surface area (Å²) < 4.78 is 35.6. The van der Waals surface area contributed by atoms with Crippen molar-refractivity contribution in [2.24, 2.45) is 10.7 Å². The third-order valence-electron chi connectivity index (χ3n) is 0.902. The van der Waals surface area contributed by atoms with Gasteiger partial charge in [-0.25, -0.2) is 4.99 Å². The van der Waals surface area contributed by atoms with Crippen LogP contribution in [-0.4, -0.2) is 12.5 Å². The first-order valence-electron chi connectivity index (χ1n) is 3.04. The normalized spacial score (nSPS) is 14.4. The maximum Gasteiger partial charge on any atom is 0.433 e. The fraction of sp³-hybridized carbons (Fsp3) is 0.500. The van der Waals surface area contributed by atoms with Gasteiger partial charge in [-0.05, 0) is 6.42 Å². The van der Waals surface area contributed by atoms with E-state index >= 15 is 0 Å². The maximum atomic E-state index is 11.9. The van der Waals surface area contributed by atoms with Crippen LogP contribution in [0.5, 0.6) is 0 Å². The molecular formula is C6H9F3N2. The Hall–Kier alpha value is -1.00. The Bertz CT molecular complexity index is 169. The van der Waals surface area contributed by atoms with Crippen molar-refractivity contribution in [3.8, 4) is 0 Å². The van der Waals surface area contributed by atoms with Crippen LogP contribution in [0.3, 0.4) is 0 Å². The third-order valence-corrected chi connectivity index (χ3v) is 0.902. The average Bonchev–Trinajstić information content (AvgIpc) is 1.85. The minimum absolute atomic E-state index is 0.284. The molecule has 0 saturated carbocycles. The second-order valence-corrected chi connectivity index (χ2v) is 1.77. The van der Waals surface area contributed by atoms with Crippen molar-refractivity contribution in [2.75, 3.05) is 0 Å². The van der Waals surface area contributed by atoms with Crippen molar-refractivity contribution in [1.29, 1.82) is 0 Å². The van der Waals surface area contributed by atoms with Crippen molar-refractivity contribution < 1.29 is 13.2 Å². The highest BCUT2D eigenvalue weighted by molar-refractivity contribution is 5.53. The highest BCUT2D eigenvalue weighted by Crippen LogP contribution is 2.26. The number of hydrogen-bond acceptors (Lipinski definition) is 1. The summed E-state index contributed by atoms with van der Waals surface area (Å²) in [5.41, 5.74) is 3.78. The minimum Gasteiger partial charge on any atom is -0.390 e. The standard InChI is InChI=1S/C6H9F3N2/c1-2-3-5(11-4-10)6(7,8)9/h3-4H,2H2,1H3,(H2,10,11)/b5-3-. The molecule has 0 heterocycles. The Morgan fingerprint density at radius 1 is 1.55 bits per heavy atom. The van der Waals surface area contributed by atoms with E-state index < -0.39 is 11.9 Å². The molecule has 0 bridgehead atoms. The van der Waals surface area contributed by atoms with E-state index in [1.54, 1.807) is 6.92 Å². The molecule has 0 aliphatic carbocycles. The summed E-state index contributed by atoms with van der Waals surface area (Å²) in [5.74, 6) is 0. The Kier molecular flexibility index (Phi) is 3.64. The van der Waals surface area contributed by atoms with E-state index in [4.69, 9.17) is 5.73 Å². The van der Waals surface area contributed by atoms with Gasteiger partial charge in [0.2, 0.25) is 0 Å². The third kappa shape index (κ3) is 3.64. The van der Waals surface area contributed by atoms with E-state index in [-0.39, 0.29) is 6.42 Å². The molecular weight excluding hydrogens is 157 g/mol. The second kappa shape index (κ2) is 4.00. The first-order valence-corrected chi connectivity index (χ1v) is 3.04. The van der Waals surface area contributed by atoms with Gasteiger partial charge in [0.15, 0.2) is 0 Å². The van der Waals surface area contributed by atoms with Gasteiger partial charge < -0.3 is 5.73 Å². The lowest BCUT2D eigenvalue weighted by atomic mass is 10.3. The molecule has 64 valence electrons. The van der Waals surface area contributed by atoms with Crippen molar-refractivity contribution in [1.82, 2.24) is 0 Å². The minimum atomic E-state index is -4.40. The number of rotatable bonds is 2. The molecule has 0 rings (SSSR count). The summed E-state index contributed by atoms with van der Waals surface area (Å²) >= 11 is 0. The predicted octanol–water partition coefficient (Wildman–Crippen LogP) is 1.83. The molecule has 0 aliphatic heterocycles. The number of halogens is 3. The summed E-state index contributed by atoms with van der Waals surface area (Å²) in [6, 6.07) is 0. The Morgan fingerprint density at radius 3 is 2.36 bits per heavy atom. The number of aliphatic imine (C=N–C) groups is 1. The zero-order chi connectivity index (χ0) is 8.91. The van der Waals surface area contributed by atoms with Crippen LogP contribution in [-0.2, 0) is 0 Å². The highest BCUT2D eigenvalue weighted by atomic mass is 19.4. The van der Waals surface area contributed by atoms with Gasteiger partial charge in [0, 0.05) is 0 Å². The van der Waals surface area contributed by atoms with Crippen LogP contribution in [0.1, 0.15) is 13.3 Å². The molecule has 0 fully saturated rings. The Labute approximate surface area is 62.6 Å². The van der Waals surface area contributed by atoms with Crippen molar-refractivity contribution in [2.45, 2.75) is 19.5 Å². The fourth-order valence-corrected chi connectivity index (χ4v) is 0.515. The smallest absolute Gasteiger partial charge is 0.390 e. The quantitative estimate of drug-likeness (QED) is 0.493. The maximum absolute atomic E-state index is 11.9. The summed E-state index contributed by atoms with van der Waals surface area (Å²) in [7, 11) is 0. The molecule has 0 saturated heterocycles. The first kappa shape index (κ1) is 10.0. The summed E-state index contributed by atoms with van der Waals surface area (Å²) in [6.07, 6.45) is -2.50. The van der Waals surface area contributed by atoms with Crippen LogP contribution in [0.25, 0.3) is 0 Å². The van der Waals surface area contributed by atoms with Crippen LogP contribution in [0, 0.1) is 0 Å². The lowest BCUT2D eigenvalue weighted by Gasteiger charge is -2.04. The van der Waals surface area contributed by atoms with Gasteiger partial charge in [-0.2, -0.15) is 13.2 Å². The lowest BCUT2D eigenvalue weighted by Crippen LogP contribution is -2.11. The predicted molar refractivity (Wildman–Crippen MR) is 37.1 cm³/mol. The van der Waals surface area contributed by atoms with Gasteiger partial charge >= 0.3 is 6.18 Å². The number of allylic oxidation sites excluding steroid dienone is 2. The van der Waals surface area contributed by atoms with Gasteiger partial charge in [-0.1, -0.05) is 13.0 Å². The van der Waals surface area contributed by atoms with E-state index in [1.165, 1.54) is 0 Å². The van der Waals surface area contributed by atoms with E-state index in [0.29, 0.717) is 6.34 Å². The molecule has 0 aliphatic rings. The molecule has 0 aromatic heterocycles. The Morgan fingerprint density at radius 2 is 2.09 bits per heavy atom. The number of nitrogens with zero attached hydrogens (tertiary/aromatic N) is 1. The molecule has 2 N–H and O–H groups in total. The number of alkyl halides is 3. The molecule has 0 amide bonds. The molecule has 0 unspecified atom stereocenters. The van der Waals surface area contributed by atoms with Gasteiger partial charge in [0.05, 0.1) is 6.34 Å². The molecule has 0 aromatic rings. The van der Waals surface area contributed by atoms with Gasteiger partial charge in [0.25, 0.3) is 0 Å². The van der Waals surface area contributed by atoms with E-state index in [0.717, 1.165) is 6.08 Å².